The molecule has 3 N–H and O–H groups in total. The first kappa shape index (κ1) is 12.9. The predicted octanol–water partition coefficient (Wildman–Crippen LogP) is 1.05. The van der Waals surface area contributed by atoms with Gasteiger partial charge in [0.1, 0.15) is 5.82 Å². The van der Waals surface area contributed by atoms with E-state index in [0.29, 0.717) is 12.8 Å². The number of hydrogen-bond donors (Lipinski definition) is 2. The molecule has 0 aliphatic carbocycles. The molecule has 0 spiro atoms. The molecule has 2 aromatic rings. The summed E-state index contributed by atoms with van der Waals surface area (Å²) in [6.45, 7) is 0.967. The molecule has 1 aromatic carbocycles. The minimum atomic E-state index is -1.45. The maximum Gasteiger partial charge on any atom is 0.251 e. The molecular formula is C15H17N3O2. The fraction of sp³-hybridized carbons (Fsp3) is 0.333. The summed E-state index contributed by atoms with van der Waals surface area (Å²) in [6, 6.07) is 11.8. The van der Waals surface area contributed by atoms with Crippen molar-refractivity contribution >= 4 is 22.6 Å². The van der Waals surface area contributed by atoms with E-state index in [1.807, 2.05) is 41.3 Å². The van der Waals surface area contributed by atoms with Crippen LogP contribution in [0.15, 0.2) is 36.4 Å². The van der Waals surface area contributed by atoms with Crippen molar-refractivity contribution in [2.75, 3.05) is 18.0 Å². The van der Waals surface area contributed by atoms with Gasteiger partial charge in [0.25, 0.3) is 5.91 Å². The highest BCUT2D eigenvalue weighted by molar-refractivity contribution is 5.84. The molecule has 1 atom stereocenters. The van der Waals surface area contributed by atoms with Gasteiger partial charge in [-0.15, -0.1) is 0 Å². The molecular weight excluding hydrogens is 254 g/mol. The number of piperidine rings is 1. The fourth-order valence-corrected chi connectivity index (χ4v) is 2.66. The minimum absolute atomic E-state index is 0.202. The van der Waals surface area contributed by atoms with Crippen LogP contribution >= 0.6 is 0 Å². The van der Waals surface area contributed by atoms with Crippen LogP contribution in [0, 0.1) is 0 Å². The Bertz CT molecular complexity index is 658. The van der Waals surface area contributed by atoms with Gasteiger partial charge < -0.3 is 15.7 Å². The number of nitrogens with two attached hydrogens (primary N) is 1. The Labute approximate surface area is 117 Å². The Morgan fingerprint density at radius 1 is 1.30 bits per heavy atom. The quantitative estimate of drug-likeness (QED) is 0.855. The van der Waals surface area contributed by atoms with Gasteiger partial charge >= 0.3 is 0 Å². The highest BCUT2D eigenvalue weighted by atomic mass is 16.3. The summed E-state index contributed by atoms with van der Waals surface area (Å²) in [5.74, 6) is 0.103. The van der Waals surface area contributed by atoms with Crippen LogP contribution in [0.25, 0.3) is 10.9 Å². The molecule has 1 amide bonds. The lowest BCUT2D eigenvalue weighted by Crippen LogP contribution is -2.56. The Balaban J connectivity index is 1.92. The molecule has 1 unspecified atom stereocenters. The normalized spacial score (nSPS) is 22.9. The second-order valence-electron chi connectivity index (χ2n) is 5.28. The summed E-state index contributed by atoms with van der Waals surface area (Å²) in [6.07, 6.45) is 1.13. The second kappa shape index (κ2) is 4.76. The van der Waals surface area contributed by atoms with Crippen molar-refractivity contribution in [3.05, 3.63) is 36.4 Å². The number of aromatic nitrogens is 1. The van der Waals surface area contributed by atoms with Crippen LogP contribution in [-0.4, -0.2) is 34.7 Å². The number of amides is 1. The molecule has 0 radical (unpaired) electrons. The first-order chi connectivity index (χ1) is 9.58. The van der Waals surface area contributed by atoms with Crippen molar-refractivity contribution in [2.24, 2.45) is 5.73 Å². The molecule has 0 bridgehead atoms. The number of para-hydroxylation sites is 1. The van der Waals surface area contributed by atoms with Crippen LogP contribution in [0.1, 0.15) is 12.8 Å². The number of fused-ring (bicyclic) bond motifs is 1. The third kappa shape index (κ3) is 2.20. The van der Waals surface area contributed by atoms with Gasteiger partial charge in [0, 0.05) is 11.9 Å². The maximum atomic E-state index is 11.4. The zero-order chi connectivity index (χ0) is 14.2. The van der Waals surface area contributed by atoms with Gasteiger partial charge in [-0.3, -0.25) is 4.79 Å². The lowest BCUT2D eigenvalue weighted by atomic mass is 9.92. The van der Waals surface area contributed by atoms with Crippen molar-refractivity contribution in [1.82, 2.24) is 4.98 Å². The van der Waals surface area contributed by atoms with E-state index in [1.165, 1.54) is 0 Å². The van der Waals surface area contributed by atoms with Crippen molar-refractivity contribution in [3.63, 3.8) is 0 Å². The number of aliphatic hydroxyl groups is 1. The predicted molar refractivity (Wildman–Crippen MR) is 77.3 cm³/mol. The summed E-state index contributed by atoms with van der Waals surface area (Å²) >= 11 is 0. The molecule has 1 aliphatic rings. The number of primary amides is 1. The van der Waals surface area contributed by atoms with Crippen LogP contribution in [0.4, 0.5) is 5.82 Å². The summed E-state index contributed by atoms with van der Waals surface area (Å²) < 4.78 is 0. The average Bonchev–Trinajstić information content (AvgIpc) is 2.46. The highest BCUT2D eigenvalue weighted by Gasteiger charge is 2.39. The Morgan fingerprint density at radius 3 is 2.90 bits per heavy atom. The lowest BCUT2D eigenvalue weighted by molar-refractivity contribution is -0.137. The SMILES string of the molecule is NC(=O)C1(O)CCCN(c2ccc3ccccc3n2)C1. The fourth-order valence-electron chi connectivity index (χ4n) is 2.66. The monoisotopic (exact) mass is 271 g/mol. The standard InChI is InChI=1S/C15H17N3O2/c16-14(19)15(20)8-3-9-18(10-15)13-7-6-11-4-1-2-5-12(11)17-13/h1-2,4-7,20H,3,8-10H2,(H2,16,19). The highest BCUT2D eigenvalue weighted by Crippen LogP contribution is 2.26. The molecule has 3 rings (SSSR count). The molecule has 2 heterocycles. The zero-order valence-corrected chi connectivity index (χ0v) is 11.1. The molecule has 5 heteroatoms. The summed E-state index contributed by atoms with van der Waals surface area (Å²) in [5.41, 5.74) is 4.74. The number of β-amino-alcohol motifs (C(OH)–C–C–N with tert-alkyl or cyclic N) is 1. The molecule has 1 aromatic heterocycles. The summed E-state index contributed by atoms with van der Waals surface area (Å²) in [4.78, 5) is 17.9. The van der Waals surface area contributed by atoms with Crippen LogP contribution in [0.2, 0.25) is 0 Å². The van der Waals surface area contributed by atoms with Crippen molar-refractivity contribution in [1.29, 1.82) is 0 Å². The summed E-state index contributed by atoms with van der Waals surface area (Å²) in [7, 11) is 0. The van der Waals surface area contributed by atoms with Crippen LogP contribution in [-0.2, 0) is 4.79 Å². The van der Waals surface area contributed by atoms with Crippen LogP contribution in [0.3, 0.4) is 0 Å². The maximum absolute atomic E-state index is 11.4. The number of carbonyl (C=O) groups excluding carboxylic acids is 1. The first-order valence-corrected chi connectivity index (χ1v) is 6.71. The van der Waals surface area contributed by atoms with Crippen molar-refractivity contribution in [3.8, 4) is 0 Å². The van der Waals surface area contributed by atoms with E-state index in [-0.39, 0.29) is 6.54 Å². The van der Waals surface area contributed by atoms with Crippen molar-refractivity contribution in [2.45, 2.75) is 18.4 Å². The van der Waals surface area contributed by atoms with Gasteiger partial charge in [0.05, 0.1) is 12.1 Å². The van der Waals surface area contributed by atoms with Gasteiger partial charge in [0.15, 0.2) is 5.60 Å². The number of hydrogen-bond acceptors (Lipinski definition) is 4. The molecule has 104 valence electrons. The number of carbonyl (C=O) groups is 1. The second-order valence-corrected chi connectivity index (χ2v) is 5.28. The van der Waals surface area contributed by atoms with Gasteiger partial charge in [-0.1, -0.05) is 18.2 Å². The molecule has 1 saturated heterocycles. The Hall–Kier alpha value is -2.14. The Kier molecular flexibility index (Phi) is 3.06. The van der Waals surface area contributed by atoms with E-state index in [2.05, 4.69) is 4.98 Å². The van der Waals surface area contributed by atoms with Crippen molar-refractivity contribution < 1.29 is 9.90 Å². The molecule has 0 saturated carbocycles. The van der Waals surface area contributed by atoms with E-state index < -0.39 is 11.5 Å². The van der Waals surface area contributed by atoms with Crippen LogP contribution in [0.5, 0.6) is 0 Å². The van der Waals surface area contributed by atoms with E-state index in [1.54, 1.807) is 0 Å². The Morgan fingerprint density at radius 2 is 2.10 bits per heavy atom. The average molecular weight is 271 g/mol. The smallest absolute Gasteiger partial charge is 0.251 e. The molecule has 20 heavy (non-hydrogen) atoms. The topological polar surface area (TPSA) is 79.5 Å². The van der Waals surface area contributed by atoms with Gasteiger partial charge in [-0.25, -0.2) is 4.98 Å². The van der Waals surface area contributed by atoms with Crippen LogP contribution < -0.4 is 10.6 Å². The zero-order valence-electron chi connectivity index (χ0n) is 11.1. The number of benzene rings is 1. The van der Waals surface area contributed by atoms with E-state index in [0.717, 1.165) is 23.3 Å². The molecule has 1 fully saturated rings. The van der Waals surface area contributed by atoms with E-state index in [4.69, 9.17) is 5.73 Å². The molecule has 5 nitrogen and oxygen atoms in total. The first-order valence-electron chi connectivity index (χ1n) is 6.71. The summed E-state index contributed by atoms with van der Waals surface area (Å²) in [5, 5.41) is 11.3. The molecule has 1 aliphatic heterocycles. The van der Waals surface area contributed by atoms with Gasteiger partial charge in [-0.2, -0.15) is 0 Å². The van der Waals surface area contributed by atoms with Gasteiger partial charge in [-0.05, 0) is 31.0 Å². The minimum Gasteiger partial charge on any atom is -0.378 e. The number of anilines is 1. The number of nitrogens with zero attached hydrogens (tertiary/aromatic N) is 2. The third-order valence-corrected chi connectivity index (χ3v) is 3.84. The lowest BCUT2D eigenvalue weighted by Gasteiger charge is -2.37. The number of pyridine rings is 1. The van der Waals surface area contributed by atoms with E-state index >= 15 is 0 Å². The number of rotatable bonds is 2. The third-order valence-electron chi connectivity index (χ3n) is 3.84. The largest absolute Gasteiger partial charge is 0.378 e. The van der Waals surface area contributed by atoms with E-state index in [9.17, 15) is 9.90 Å². The van der Waals surface area contributed by atoms with Gasteiger partial charge in [0.2, 0.25) is 0 Å².